The largest absolute Gasteiger partial charge is 0.506 e. The molecule has 0 saturated heterocycles. The number of hydrogen-bond acceptors (Lipinski definition) is 7. The smallest absolute Gasteiger partial charge is 0.295 e. The van der Waals surface area contributed by atoms with Crippen molar-refractivity contribution in [3.63, 3.8) is 0 Å². The van der Waals surface area contributed by atoms with Crippen molar-refractivity contribution >= 4 is 112 Å². The fourth-order valence-corrected chi connectivity index (χ4v) is 4.43. The molecule has 13 heteroatoms. The molecule has 9 nitrogen and oxygen atoms in total. The second-order valence-electron chi connectivity index (χ2n) is 6.59. The number of benzene rings is 4. The molecule has 0 aliphatic carbocycles. The van der Waals surface area contributed by atoms with E-state index in [0.717, 1.165) is 0 Å². The monoisotopic (exact) mass is 504 g/mol. The van der Waals surface area contributed by atoms with Crippen molar-refractivity contribution in [2.45, 2.75) is 9.79 Å². The van der Waals surface area contributed by atoms with Crippen molar-refractivity contribution in [3.8, 4) is 5.75 Å². The van der Waals surface area contributed by atoms with E-state index in [2.05, 4.69) is 10.2 Å². The van der Waals surface area contributed by atoms with Gasteiger partial charge in [0.25, 0.3) is 20.2 Å². The third-order valence-corrected chi connectivity index (χ3v) is 6.40. The van der Waals surface area contributed by atoms with Crippen LogP contribution in [-0.4, -0.2) is 90.2 Å². The third kappa shape index (κ3) is 5.82. The van der Waals surface area contributed by atoms with Crippen molar-refractivity contribution in [2.24, 2.45) is 10.2 Å². The van der Waals surface area contributed by atoms with Crippen LogP contribution in [0.15, 0.2) is 86.7 Å². The SMILES string of the molecule is O=S(=O)(O)c1ccc2c(N=Nc3ccc(S(=O)(=O)O)c4ccccc34)c(O)ccc2c1.[Na].[Na]. The molecule has 0 aromatic heterocycles. The first kappa shape index (κ1) is 27.9. The summed E-state index contributed by atoms with van der Waals surface area (Å²) in [6, 6.07) is 15.5. The minimum Gasteiger partial charge on any atom is -0.506 e. The minimum atomic E-state index is -4.45. The van der Waals surface area contributed by atoms with Gasteiger partial charge in [-0.05, 0) is 35.7 Å². The first-order valence-electron chi connectivity index (χ1n) is 8.70. The predicted molar refractivity (Wildman–Crippen MR) is 125 cm³/mol. The number of azo groups is 1. The van der Waals surface area contributed by atoms with Crippen LogP contribution in [0, 0.1) is 0 Å². The Labute approximate surface area is 233 Å². The van der Waals surface area contributed by atoms with Crippen LogP contribution in [0.1, 0.15) is 0 Å². The molecule has 0 aliphatic rings. The van der Waals surface area contributed by atoms with Crippen LogP contribution in [0.25, 0.3) is 21.5 Å². The first-order chi connectivity index (χ1) is 14.6. The molecule has 0 bridgehead atoms. The molecule has 0 fully saturated rings. The quantitative estimate of drug-likeness (QED) is 0.217. The molecule has 0 aliphatic heterocycles. The molecule has 0 atom stereocenters. The van der Waals surface area contributed by atoms with Crippen LogP contribution in [0.4, 0.5) is 11.4 Å². The zero-order valence-electron chi connectivity index (χ0n) is 17.5. The molecule has 3 N–H and O–H groups in total. The summed E-state index contributed by atoms with van der Waals surface area (Å²) in [5, 5.41) is 19.9. The summed E-state index contributed by atoms with van der Waals surface area (Å²) >= 11 is 0. The van der Waals surface area contributed by atoms with E-state index in [4.69, 9.17) is 0 Å². The van der Waals surface area contributed by atoms with Crippen LogP contribution < -0.4 is 0 Å². The van der Waals surface area contributed by atoms with Gasteiger partial charge in [-0.15, -0.1) is 10.2 Å². The van der Waals surface area contributed by atoms with Gasteiger partial charge in [-0.1, -0.05) is 36.4 Å². The molecule has 0 unspecified atom stereocenters. The Morgan fingerprint density at radius 2 is 1.33 bits per heavy atom. The van der Waals surface area contributed by atoms with Crippen LogP contribution >= 0.6 is 0 Å². The van der Waals surface area contributed by atoms with Crippen LogP contribution in [0.5, 0.6) is 5.75 Å². The van der Waals surface area contributed by atoms with Crippen LogP contribution in [0.3, 0.4) is 0 Å². The van der Waals surface area contributed by atoms with Gasteiger partial charge in [0.1, 0.15) is 16.3 Å². The maximum Gasteiger partial charge on any atom is 0.295 e. The molecule has 160 valence electrons. The standard InChI is InChI=1S/C20H14N2O7S2.2Na/c23-18-9-5-12-11-13(30(24,25)26)6-7-14(12)20(18)22-21-17-8-10-19(31(27,28)29)16-4-2-1-3-15(16)17;;/h1-11,23H,(H,24,25,26)(H,27,28,29);;. The molecule has 4 rings (SSSR count). The maximum absolute atomic E-state index is 11.6. The number of aromatic hydroxyl groups is 1. The van der Waals surface area contributed by atoms with Gasteiger partial charge in [-0.2, -0.15) is 16.8 Å². The summed E-state index contributed by atoms with van der Waals surface area (Å²) in [5.74, 6) is -0.213. The topological polar surface area (TPSA) is 154 Å². The number of phenolic OH excluding ortho intramolecular Hbond substituents is 1. The Morgan fingerprint density at radius 1 is 0.667 bits per heavy atom. The zero-order valence-corrected chi connectivity index (χ0v) is 23.2. The van der Waals surface area contributed by atoms with Crippen molar-refractivity contribution in [1.29, 1.82) is 0 Å². The molecular formula is C20H14N2Na2O7S2. The summed E-state index contributed by atoms with van der Waals surface area (Å²) in [7, 11) is -8.85. The first-order valence-corrected chi connectivity index (χ1v) is 11.6. The predicted octanol–water partition coefficient (Wildman–Crippen LogP) is 3.85. The molecule has 4 aromatic carbocycles. The van der Waals surface area contributed by atoms with E-state index in [9.17, 15) is 31.0 Å². The van der Waals surface area contributed by atoms with E-state index in [0.29, 0.717) is 16.2 Å². The molecular weight excluding hydrogens is 490 g/mol. The molecule has 0 spiro atoms. The van der Waals surface area contributed by atoms with Gasteiger partial charge < -0.3 is 5.11 Å². The molecule has 0 saturated carbocycles. The Balaban J connectivity index is 0.00000193. The molecule has 0 heterocycles. The second-order valence-corrected chi connectivity index (χ2v) is 9.41. The van der Waals surface area contributed by atoms with E-state index < -0.39 is 20.2 Å². The van der Waals surface area contributed by atoms with Gasteiger partial charge in [0.05, 0.1) is 10.6 Å². The van der Waals surface area contributed by atoms with Gasteiger partial charge in [0.15, 0.2) is 0 Å². The Hall–Kier alpha value is -1.38. The number of rotatable bonds is 4. The molecule has 4 aromatic rings. The van der Waals surface area contributed by atoms with E-state index in [1.165, 1.54) is 48.5 Å². The van der Waals surface area contributed by atoms with Crippen molar-refractivity contribution in [1.82, 2.24) is 0 Å². The van der Waals surface area contributed by atoms with Gasteiger partial charge >= 0.3 is 0 Å². The third-order valence-electron chi connectivity index (χ3n) is 4.64. The number of fused-ring (bicyclic) bond motifs is 2. The van der Waals surface area contributed by atoms with E-state index in [1.54, 1.807) is 18.2 Å². The van der Waals surface area contributed by atoms with Crippen molar-refractivity contribution in [2.75, 3.05) is 0 Å². The summed E-state index contributed by atoms with van der Waals surface area (Å²) in [5.41, 5.74) is 0.344. The summed E-state index contributed by atoms with van der Waals surface area (Å²) in [6.45, 7) is 0. The van der Waals surface area contributed by atoms with Gasteiger partial charge in [-0.3, -0.25) is 9.11 Å². The summed E-state index contributed by atoms with van der Waals surface area (Å²) < 4.78 is 64.7. The van der Waals surface area contributed by atoms with Gasteiger partial charge in [-0.25, -0.2) is 0 Å². The molecule has 33 heavy (non-hydrogen) atoms. The van der Waals surface area contributed by atoms with E-state index in [-0.39, 0.29) is 91.4 Å². The summed E-state index contributed by atoms with van der Waals surface area (Å²) in [4.78, 5) is -0.576. The van der Waals surface area contributed by atoms with E-state index >= 15 is 0 Å². The van der Waals surface area contributed by atoms with Crippen molar-refractivity contribution < 1.29 is 31.0 Å². The van der Waals surface area contributed by atoms with Crippen LogP contribution in [-0.2, 0) is 20.2 Å². The van der Waals surface area contributed by atoms with Crippen LogP contribution in [0.2, 0.25) is 0 Å². The minimum absolute atomic E-state index is 0. The maximum atomic E-state index is 11.6. The van der Waals surface area contributed by atoms with E-state index in [1.807, 2.05) is 0 Å². The fourth-order valence-electron chi connectivity index (χ4n) is 3.22. The second kappa shape index (κ2) is 10.5. The fraction of sp³-hybridized carbons (Fsp3) is 0. The summed E-state index contributed by atoms with van der Waals surface area (Å²) in [6.07, 6.45) is 0. The molecule has 2 radical (unpaired) electrons. The number of hydrogen-bond donors (Lipinski definition) is 3. The Kier molecular flexibility index (Phi) is 8.85. The average Bonchev–Trinajstić information content (AvgIpc) is 2.71. The van der Waals surface area contributed by atoms with Gasteiger partial charge in [0.2, 0.25) is 0 Å². The normalized spacial score (nSPS) is 11.9. The van der Waals surface area contributed by atoms with Crippen molar-refractivity contribution in [3.05, 3.63) is 66.7 Å². The Morgan fingerprint density at radius 3 is 1.97 bits per heavy atom. The Bertz CT molecular complexity index is 1610. The van der Waals surface area contributed by atoms with Gasteiger partial charge in [0, 0.05) is 75.3 Å². The zero-order chi connectivity index (χ0) is 22.4. The number of phenols is 1. The average molecular weight is 504 g/mol. The molecule has 0 amide bonds. The number of nitrogens with zero attached hydrogens (tertiary/aromatic N) is 2.